The highest BCUT2D eigenvalue weighted by atomic mass is 19.2. The summed E-state index contributed by atoms with van der Waals surface area (Å²) in [7, 11) is 0. The van der Waals surface area contributed by atoms with Crippen molar-refractivity contribution in [2.24, 2.45) is 0 Å². The van der Waals surface area contributed by atoms with Crippen molar-refractivity contribution in [3.63, 3.8) is 0 Å². The van der Waals surface area contributed by atoms with Gasteiger partial charge in [-0.05, 0) is 48.7 Å². The zero-order valence-corrected chi connectivity index (χ0v) is 22.9. The van der Waals surface area contributed by atoms with Gasteiger partial charge in [0.05, 0.1) is 6.61 Å². The molecule has 40 heavy (non-hydrogen) atoms. The van der Waals surface area contributed by atoms with Crippen LogP contribution in [0.2, 0.25) is 0 Å². The van der Waals surface area contributed by atoms with Crippen LogP contribution < -0.4 is 9.47 Å². The summed E-state index contributed by atoms with van der Waals surface area (Å²) in [5, 5.41) is 0. The monoisotopic (exact) mass is 550 g/mol. The van der Waals surface area contributed by atoms with E-state index in [2.05, 4.69) is 6.92 Å². The van der Waals surface area contributed by atoms with E-state index in [-0.39, 0.29) is 29.0 Å². The normalized spacial score (nSPS) is 11.1. The van der Waals surface area contributed by atoms with Crippen LogP contribution in [0.25, 0.3) is 22.3 Å². The van der Waals surface area contributed by atoms with Crippen molar-refractivity contribution >= 4 is 0 Å². The summed E-state index contributed by atoms with van der Waals surface area (Å²) in [5.41, 5.74) is 2.41. The van der Waals surface area contributed by atoms with E-state index < -0.39 is 23.3 Å². The summed E-state index contributed by atoms with van der Waals surface area (Å²) in [6.45, 7) is 4.23. The fourth-order valence-corrected chi connectivity index (χ4v) is 4.48. The Balaban J connectivity index is 1.36. The molecule has 0 N–H and O–H groups in total. The van der Waals surface area contributed by atoms with E-state index in [1.54, 1.807) is 36.4 Å². The van der Waals surface area contributed by atoms with E-state index in [0.29, 0.717) is 23.5 Å². The largest absolute Gasteiger partial charge is 0.490 e. The van der Waals surface area contributed by atoms with Crippen molar-refractivity contribution in [2.45, 2.75) is 59.0 Å². The van der Waals surface area contributed by atoms with Gasteiger partial charge in [0.1, 0.15) is 12.4 Å². The Morgan fingerprint density at radius 1 is 0.550 bits per heavy atom. The standard InChI is InChI=1S/C34H34F4O2/c1-3-4-5-6-7-8-21-39-30-20-19-29(33(37)34(30)38)25-13-16-27(17-14-25)40-22-26-15-18-28(32(36)31(26)35)24-11-9-23(2)10-12-24/h9-20H,3-8,21-22H2,1-2H3. The highest BCUT2D eigenvalue weighted by Gasteiger charge is 2.17. The SMILES string of the molecule is CCCCCCCCOc1ccc(-c2ccc(OCc3ccc(-c4ccc(C)cc4)c(F)c3F)cc2)c(F)c1F. The van der Waals surface area contributed by atoms with Crippen LogP contribution in [0.1, 0.15) is 56.6 Å². The second-order valence-electron chi connectivity index (χ2n) is 9.93. The number of hydrogen-bond acceptors (Lipinski definition) is 2. The quantitative estimate of drug-likeness (QED) is 0.122. The highest BCUT2D eigenvalue weighted by molar-refractivity contribution is 5.66. The molecular weight excluding hydrogens is 516 g/mol. The summed E-state index contributed by atoms with van der Waals surface area (Å²) < 4.78 is 70.1. The molecule has 0 spiro atoms. The molecule has 0 aromatic heterocycles. The average Bonchev–Trinajstić information content (AvgIpc) is 2.96. The molecule has 0 atom stereocenters. The Hall–Kier alpha value is -3.80. The van der Waals surface area contributed by atoms with E-state index in [9.17, 15) is 17.6 Å². The number of benzene rings is 4. The lowest BCUT2D eigenvalue weighted by Gasteiger charge is -2.12. The lowest BCUT2D eigenvalue weighted by molar-refractivity contribution is 0.285. The molecule has 0 saturated carbocycles. The zero-order chi connectivity index (χ0) is 28.5. The molecule has 0 fully saturated rings. The first kappa shape index (κ1) is 29.2. The zero-order valence-electron chi connectivity index (χ0n) is 22.9. The Bertz CT molecular complexity index is 1400. The van der Waals surface area contributed by atoms with Gasteiger partial charge in [-0.2, -0.15) is 4.39 Å². The maximum atomic E-state index is 14.8. The predicted molar refractivity (Wildman–Crippen MR) is 152 cm³/mol. The molecular formula is C34H34F4O2. The minimum atomic E-state index is -1.02. The molecule has 4 aromatic carbocycles. The second-order valence-corrected chi connectivity index (χ2v) is 9.93. The van der Waals surface area contributed by atoms with Gasteiger partial charge in [0.25, 0.3) is 0 Å². The second kappa shape index (κ2) is 14.0. The molecule has 210 valence electrons. The molecule has 0 radical (unpaired) electrons. The van der Waals surface area contributed by atoms with Crippen LogP contribution in [0.4, 0.5) is 17.6 Å². The molecule has 0 aliphatic heterocycles. The summed E-state index contributed by atoms with van der Waals surface area (Å²) in [6.07, 6.45) is 6.46. The van der Waals surface area contributed by atoms with Gasteiger partial charge in [0.15, 0.2) is 23.2 Å². The summed E-state index contributed by atoms with van der Waals surface area (Å²) in [4.78, 5) is 0. The van der Waals surface area contributed by atoms with Gasteiger partial charge in [0.2, 0.25) is 5.82 Å². The molecule has 0 aliphatic rings. The fourth-order valence-electron chi connectivity index (χ4n) is 4.48. The molecule has 6 heteroatoms. The van der Waals surface area contributed by atoms with Crippen LogP contribution in [0, 0.1) is 30.2 Å². The molecule has 0 saturated heterocycles. The molecule has 4 rings (SSSR count). The minimum absolute atomic E-state index is 0.0714. The van der Waals surface area contributed by atoms with E-state index in [1.807, 2.05) is 19.1 Å². The third kappa shape index (κ3) is 7.23. The first-order valence-corrected chi connectivity index (χ1v) is 13.8. The van der Waals surface area contributed by atoms with Gasteiger partial charge < -0.3 is 9.47 Å². The number of halogens is 4. The van der Waals surface area contributed by atoms with Crippen LogP contribution in [-0.4, -0.2) is 6.61 Å². The van der Waals surface area contributed by atoms with Crippen LogP contribution in [-0.2, 0) is 6.61 Å². The average molecular weight is 551 g/mol. The minimum Gasteiger partial charge on any atom is -0.490 e. The van der Waals surface area contributed by atoms with Crippen LogP contribution in [0.3, 0.4) is 0 Å². The molecule has 2 nitrogen and oxygen atoms in total. The van der Waals surface area contributed by atoms with Crippen molar-refractivity contribution in [1.82, 2.24) is 0 Å². The third-order valence-corrected chi connectivity index (χ3v) is 6.89. The Morgan fingerprint density at radius 2 is 1.12 bits per heavy atom. The van der Waals surface area contributed by atoms with Gasteiger partial charge in [-0.15, -0.1) is 0 Å². The van der Waals surface area contributed by atoms with Crippen LogP contribution >= 0.6 is 0 Å². The van der Waals surface area contributed by atoms with Crippen molar-refractivity contribution in [3.05, 3.63) is 107 Å². The van der Waals surface area contributed by atoms with Gasteiger partial charge in [-0.25, -0.2) is 13.2 Å². The molecule has 0 heterocycles. The molecule has 0 amide bonds. The Kier molecular flexibility index (Phi) is 10.2. The van der Waals surface area contributed by atoms with Crippen molar-refractivity contribution < 1.29 is 27.0 Å². The summed E-state index contributed by atoms with van der Waals surface area (Å²) in [5.74, 6) is -3.62. The van der Waals surface area contributed by atoms with E-state index >= 15 is 0 Å². The number of ether oxygens (including phenoxy) is 2. The van der Waals surface area contributed by atoms with E-state index in [4.69, 9.17) is 9.47 Å². The fraction of sp³-hybridized carbons (Fsp3) is 0.294. The van der Waals surface area contributed by atoms with Crippen molar-refractivity contribution in [3.8, 4) is 33.8 Å². The maximum absolute atomic E-state index is 14.8. The smallest absolute Gasteiger partial charge is 0.201 e. The third-order valence-electron chi connectivity index (χ3n) is 6.89. The topological polar surface area (TPSA) is 18.5 Å². The van der Waals surface area contributed by atoms with Gasteiger partial charge in [0, 0.05) is 16.7 Å². The predicted octanol–water partition coefficient (Wildman–Crippen LogP) is 10.2. The lowest BCUT2D eigenvalue weighted by atomic mass is 10.0. The highest BCUT2D eigenvalue weighted by Crippen LogP contribution is 2.32. The molecule has 4 aromatic rings. The van der Waals surface area contributed by atoms with E-state index in [1.165, 1.54) is 43.5 Å². The van der Waals surface area contributed by atoms with Gasteiger partial charge >= 0.3 is 0 Å². The van der Waals surface area contributed by atoms with Crippen molar-refractivity contribution in [1.29, 1.82) is 0 Å². The molecule has 0 bridgehead atoms. The number of rotatable bonds is 13. The number of unbranched alkanes of at least 4 members (excludes halogenated alkanes) is 5. The first-order chi connectivity index (χ1) is 19.4. The van der Waals surface area contributed by atoms with E-state index in [0.717, 1.165) is 24.8 Å². The Morgan fingerprint density at radius 3 is 1.80 bits per heavy atom. The number of aryl methyl sites for hydroxylation is 1. The van der Waals surface area contributed by atoms with Gasteiger partial charge in [-0.3, -0.25) is 0 Å². The Labute approximate surface area is 233 Å². The molecule has 0 aliphatic carbocycles. The molecule has 0 unspecified atom stereocenters. The first-order valence-electron chi connectivity index (χ1n) is 13.8. The lowest BCUT2D eigenvalue weighted by Crippen LogP contribution is -2.02. The summed E-state index contributed by atoms with van der Waals surface area (Å²) in [6, 6.07) is 19.4. The van der Waals surface area contributed by atoms with Gasteiger partial charge in [-0.1, -0.05) is 93.1 Å². The maximum Gasteiger partial charge on any atom is 0.201 e. The summed E-state index contributed by atoms with van der Waals surface area (Å²) >= 11 is 0. The van der Waals surface area contributed by atoms with Crippen LogP contribution in [0.5, 0.6) is 11.5 Å². The van der Waals surface area contributed by atoms with Crippen LogP contribution in [0.15, 0.2) is 72.8 Å². The van der Waals surface area contributed by atoms with Crippen molar-refractivity contribution in [2.75, 3.05) is 6.61 Å². The number of hydrogen-bond donors (Lipinski definition) is 0.